The molecule has 15 heavy (non-hydrogen) atoms. The molecule has 1 atom stereocenters. The van der Waals surface area contributed by atoms with Gasteiger partial charge in [0, 0.05) is 26.3 Å². The van der Waals surface area contributed by atoms with E-state index in [1.54, 1.807) is 7.11 Å². The Morgan fingerprint density at radius 3 is 2.67 bits per heavy atom. The molecule has 0 aliphatic heterocycles. The third-order valence-electron chi connectivity index (χ3n) is 2.76. The van der Waals surface area contributed by atoms with Gasteiger partial charge in [0.05, 0.1) is 0 Å². The number of ether oxygens (including phenoxy) is 1. The fourth-order valence-electron chi connectivity index (χ4n) is 1.44. The summed E-state index contributed by atoms with van der Waals surface area (Å²) in [7, 11) is 3.96. The Kier molecular flexibility index (Phi) is 10.3. The second-order valence-electron chi connectivity index (χ2n) is 4.23. The van der Waals surface area contributed by atoms with E-state index in [0.29, 0.717) is 6.04 Å². The van der Waals surface area contributed by atoms with Gasteiger partial charge in [0.1, 0.15) is 0 Å². The highest BCUT2D eigenvalue weighted by Gasteiger charge is 2.06. The van der Waals surface area contributed by atoms with Crippen molar-refractivity contribution in [1.29, 1.82) is 0 Å². The van der Waals surface area contributed by atoms with Crippen molar-refractivity contribution in [3.8, 4) is 0 Å². The minimum atomic E-state index is 0.624. The molecule has 3 heteroatoms. The van der Waals surface area contributed by atoms with Crippen LogP contribution in [0.2, 0.25) is 0 Å². The monoisotopic (exact) mass is 216 g/mol. The van der Waals surface area contributed by atoms with E-state index in [4.69, 9.17) is 4.74 Å². The molecule has 0 fully saturated rings. The van der Waals surface area contributed by atoms with Gasteiger partial charge in [-0.05, 0) is 39.9 Å². The van der Waals surface area contributed by atoms with E-state index in [1.807, 2.05) is 0 Å². The first-order valence-corrected chi connectivity index (χ1v) is 6.12. The quantitative estimate of drug-likeness (QED) is 0.563. The van der Waals surface area contributed by atoms with E-state index in [2.05, 4.69) is 31.1 Å². The molecule has 0 saturated heterocycles. The first-order valence-electron chi connectivity index (χ1n) is 6.12. The summed E-state index contributed by atoms with van der Waals surface area (Å²) in [6, 6.07) is 0.624. The molecule has 0 saturated carbocycles. The van der Waals surface area contributed by atoms with Crippen LogP contribution in [0.25, 0.3) is 0 Å². The molecule has 0 spiro atoms. The lowest BCUT2D eigenvalue weighted by Crippen LogP contribution is -2.38. The number of nitrogens with one attached hydrogen (secondary N) is 1. The molecule has 92 valence electrons. The van der Waals surface area contributed by atoms with Crippen molar-refractivity contribution in [1.82, 2.24) is 10.2 Å². The van der Waals surface area contributed by atoms with Gasteiger partial charge in [-0.1, -0.05) is 13.3 Å². The molecule has 0 aromatic rings. The normalized spacial score (nSPS) is 13.4. The second kappa shape index (κ2) is 10.4. The minimum Gasteiger partial charge on any atom is -0.385 e. The molecule has 0 aliphatic carbocycles. The van der Waals surface area contributed by atoms with Crippen molar-refractivity contribution in [3.63, 3.8) is 0 Å². The van der Waals surface area contributed by atoms with Crippen LogP contribution in [-0.2, 0) is 4.74 Å². The van der Waals surface area contributed by atoms with Crippen molar-refractivity contribution in [3.05, 3.63) is 0 Å². The van der Waals surface area contributed by atoms with Crippen molar-refractivity contribution >= 4 is 0 Å². The molecule has 1 N–H and O–H groups in total. The summed E-state index contributed by atoms with van der Waals surface area (Å²) in [6.45, 7) is 8.70. The average Bonchev–Trinajstić information content (AvgIpc) is 2.25. The maximum absolute atomic E-state index is 5.00. The van der Waals surface area contributed by atoms with Crippen LogP contribution in [0, 0.1) is 0 Å². The summed E-state index contributed by atoms with van der Waals surface area (Å²) >= 11 is 0. The standard InChI is InChI=1S/C12H28N2O/c1-5-6-9-14(3)12(2)11-13-8-7-10-15-4/h12-13H,5-11H2,1-4H3. The molecule has 0 aliphatic rings. The predicted octanol–water partition coefficient (Wildman–Crippen LogP) is 1.73. The Morgan fingerprint density at radius 1 is 1.33 bits per heavy atom. The molecular formula is C12H28N2O. The van der Waals surface area contributed by atoms with E-state index >= 15 is 0 Å². The summed E-state index contributed by atoms with van der Waals surface area (Å²) < 4.78 is 5.00. The predicted molar refractivity (Wildman–Crippen MR) is 66.4 cm³/mol. The minimum absolute atomic E-state index is 0.624. The molecule has 0 amide bonds. The number of hydrogen-bond donors (Lipinski definition) is 1. The molecule has 0 rings (SSSR count). The Morgan fingerprint density at radius 2 is 2.07 bits per heavy atom. The number of nitrogens with zero attached hydrogens (tertiary/aromatic N) is 1. The fourth-order valence-corrected chi connectivity index (χ4v) is 1.44. The van der Waals surface area contributed by atoms with E-state index < -0.39 is 0 Å². The van der Waals surface area contributed by atoms with Crippen molar-refractivity contribution in [2.24, 2.45) is 0 Å². The SMILES string of the molecule is CCCCN(C)C(C)CNCCCOC. The van der Waals surface area contributed by atoms with Gasteiger partial charge in [0.2, 0.25) is 0 Å². The Hall–Kier alpha value is -0.120. The molecule has 0 radical (unpaired) electrons. The Bertz CT molecular complexity index is 131. The molecule has 1 unspecified atom stereocenters. The first kappa shape index (κ1) is 14.9. The van der Waals surface area contributed by atoms with E-state index in [1.165, 1.54) is 19.4 Å². The number of likely N-dealkylation sites (N-methyl/N-ethyl adjacent to an activating group) is 1. The molecule has 0 aromatic carbocycles. The lowest BCUT2D eigenvalue weighted by atomic mass is 10.2. The van der Waals surface area contributed by atoms with Crippen LogP contribution < -0.4 is 5.32 Å². The molecule has 0 bridgehead atoms. The van der Waals surface area contributed by atoms with E-state index in [0.717, 1.165) is 26.1 Å². The largest absolute Gasteiger partial charge is 0.385 e. The second-order valence-corrected chi connectivity index (χ2v) is 4.23. The third kappa shape index (κ3) is 8.85. The Labute approximate surface area is 95.2 Å². The van der Waals surface area contributed by atoms with Gasteiger partial charge in [-0.25, -0.2) is 0 Å². The average molecular weight is 216 g/mol. The molecule has 0 heterocycles. The zero-order valence-electron chi connectivity index (χ0n) is 10.9. The maximum atomic E-state index is 5.00. The fraction of sp³-hybridized carbons (Fsp3) is 1.00. The topological polar surface area (TPSA) is 24.5 Å². The summed E-state index contributed by atoms with van der Waals surface area (Å²) in [4.78, 5) is 2.42. The van der Waals surface area contributed by atoms with Gasteiger partial charge < -0.3 is 15.0 Å². The Balaban J connectivity index is 3.34. The van der Waals surface area contributed by atoms with Gasteiger partial charge in [0.15, 0.2) is 0 Å². The van der Waals surface area contributed by atoms with Crippen LogP contribution >= 0.6 is 0 Å². The summed E-state index contributed by atoms with van der Waals surface area (Å²) in [5.41, 5.74) is 0. The zero-order valence-corrected chi connectivity index (χ0v) is 10.9. The number of methoxy groups -OCH3 is 1. The lowest BCUT2D eigenvalue weighted by molar-refractivity contribution is 0.192. The summed E-state index contributed by atoms with van der Waals surface area (Å²) in [6.07, 6.45) is 3.67. The third-order valence-corrected chi connectivity index (χ3v) is 2.76. The highest BCUT2D eigenvalue weighted by molar-refractivity contribution is 4.65. The summed E-state index contributed by atoms with van der Waals surface area (Å²) in [5, 5.41) is 3.46. The smallest absolute Gasteiger partial charge is 0.0474 e. The van der Waals surface area contributed by atoms with Gasteiger partial charge in [-0.15, -0.1) is 0 Å². The van der Waals surface area contributed by atoms with Gasteiger partial charge in [-0.2, -0.15) is 0 Å². The van der Waals surface area contributed by atoms with Crippen LogP contribution in [0.4, 0.5) is 0 Å². The first-order chi connectivity index (χ1) is 7.22. The number of rotatable bonds is 10. The molecule has 0 aromatic heterocycles. The van der Waals surface area contributed by atoms with Gasteiger partial charge in [0.25, 0.3) is 0 Å². The summed E-state index contributed by atoms with van der Waals surface area (Å²) in [5.74, 6) is 0. The van der Waals surface area contributed by atoms with Crippen LogP contribution in [0.5, 0.6) is 0 Å². The highest BCUT2D eigenvalue weighted by Crippen LogP contribution is 1.97. The van der Waals surface area contributed by atoms with Gasteiger partial charge >= 0.3 is 0 Å². The van der Waals surface area contributed by atoms with Crippen LogP contribution in [0.3, 0.4) is 0 Å². The number of unbranched alkanes of at least 4 members (excludes halogenated alkanes) is 1. The van der Waals surface area contributed by atoms with Crippen LogP contribution in [0.1, 0.15) is 33.1 Å². The lowest BCUT2D eigenvalue weighted by Gasteiger charge is -2.24. The van der Waals surface area contributed by atoms with Crippen molar-refractivity contribution < 1.29 is 4.74 Å². The zero-order chi connectivity index (χ0) is 11.5. The van der Waals surface area contributed by atoms with E-state index in [-0.39, 0.29) is 0 Å². The van der Waals surface area contributed by atoms with Gasteiger partial charge in [-0.3, -0.25) is 0 Å². The molecular weight excluding hydrogens is 188 g/mol. The van der Waals surface area contributed by atoms with Crippen LogP contribution in [0.15, 0.2) is 0 Å². The highest BCUT2D eigenvalue weighted by atomic mass is 16.5. The van der Waals surface area contributed by atoms with Crippen LogP contribution in [-0.4, -0.2) is 51.3 Å². The van der Waals surface area contributed by atoms with E-state index in [9.17, 15) is 0 Å². The van der Waals surface area contributed by atoms with Crippen molar-refractivity contribution in [2.45, 2.75) is 39.2 Å². The van der Waals surface area contributed by atoms with Crippen molar-refractivity contribution in [2.75, 3.05) is 40.4 Å². The maximum Gasteiger partial charge on any atom is 0.0474 e. The molecule has 3 nitrogen and oxygen atoms in total. The number of hydrogen-bond acceptors (Lipinski definition) is 3.